The predicted molar refractivity (Wildman–Crippen MR) is 105 cm³/mol. The Morgan fingerprint density at radius 2 is 1.69 bits per heavy atom. The number of nitrogens with zero attached hydrogens (tertiary/aromatic N) is 2. The Bertz CT molecular complexity index is 939. The maximum Gasteiger partial charge on any atom is 0.206 e. The summed E-state index contributed by atoms with van der Waals surface area (Å²) in [6.07, 6.45) is 2.19. The molecule has 2 aliphatic heterocycles. The minimum atomic E-state index is -3.49. The molecule has 138 valence electrons. The average molecular weight is 371 g/mol. The van der Waals surface area contributed by atoms with Crippen molar-refractivity contribution >= 4 is 15.5 Å². The molecule has 2 aromatic rings. The number of hydrogen-bond donors (Lipinski definition) is 0. The van der Waals surface area contributed by atoms with Gasteiger partial charge in [0.25, 0.3) is 0 Å². The van der Waals surface area contributed by atoms with Gasteiger partial charge >= 0.3 is 0 Å². The van der Waals surface area contributed by atoms with Gasteiger partial charge in [0.05, 0.1) is 9.79 Å². The molecule has 2 heterocycles. The van der Waals surface area contributed by atoms with Crippen molar-refractivity contribution in [1.82, 2.24) is 4.90 Å². The van der Waals surface area contributed by atoms with E-state index in [0.29, 0.717) is 21.8 Å². The maximum atomic E-state index is 13.1. The number of sulfone groups is 1. The fourth-order valence-electron chi connectivity index (χ4n) is 4.46. The number of likely N-dealkylation sites (tertiary alicyclic amines) is 1. The van der Waals surface area contributed by atoms with Gasteiger partial charge in [-0.3, -0.25) is 0 Å². The third-order valence-corrected chi connectivity index (χ3v) is 7.73. The summed E-state index contributed by atoms with van der Waals surface area (Å²) in [5.74, 6) is 0.410. The van der Waals surface area contributed by atoms with Gasteiger partial charge in [-0.2, -0.15) is 0 Å². The Morgan fingerprint density at radius 3 is 2.46 bits per heavy atom. The van der Waals surface area contributed by atoms with Crippen LogP contribution in [-0.4, -0.2) is 46.5 Å². The lowest BCUT2D eigenvalue weighted by molar-refractivity contribution is 0.345. The Balaban J connectivity index is 1.76. The smallest absolute Gasteiger partial charge is 0.206 e. The first-order chi connectivity index (χ1) is 12.4. The predicted octanol–water partition coefficient (Wildman–Crippen LogP) is 3.46. The molecule has 2 atom stereocenters. The largest absolute Gasteiger partial charge is 0.371 e. The van der Waals surface area contributed by atoms with E-state index in [0.717, 1.165) is 31.5 Å². The number of aryl methyl sites for hydroxylation is 1. The van der Waals surface area contributed by atoms with Crippen LogP contribution in [0.2, 0.25) is 0 Å². The van der Waals surface area contributed by atoms with Crippen LogP contribution in [0.1, 0.15) is 29.9 Å². The summed E-state index contributed by atoms with van der Waals surface area (Å²) in [6, 6.07) is 13.3. The van der Waals surface area contributed by atoms with Crippen LogP contribution in [0.5, 0.6) is 0 Å². The van der Waals surface area contributed by atoms with Crippen LogP contribution in [-0.2, 0) is 9.84 Å². The summed E-state index contributed by atoms with van der Waals surface area (Å²) in [5, 5.41) is 0. The van der Waals surface area contributed by atoms with Crippen molar-refractivity contribution in [3.63, 3.8) is 0 Å². The van der Waals surface area contributed by atoms with Crippen LogP contribution in [0.25, 0.3) is 0 Å². The van der Waals surface area contributed by atoms with E-state index in [1.54, 1.807) is 24.3 Å². The van der Waals surface area contributed by atoms with Crippen molar-refractivity contribution in [2.75, 3.05) is 32.1 Å². The number of anilines is 1. The molecular formula is C21H26N2O2S. The molecule has 2 aromatic carbocycles. The molecule has 0 aliphatic carbocycles. The zero-order valence-corrected chi connectivity index (χ0v) is 16.5. The van der Waals surface area contributed by atoms with Crippen molar-refractivity contribution in [3.8, 4) is 0 Å². The highest BCUT2D eigenvalue weighted by atomic mass is 32.2. The topological polar surface area (TPSA) is 40.6 Å². The van der Waals surface area contributed by atoms with Gasteiger partial charge in [-0.15, -0.1) is 0 Å². The first-order valence-corrected chi connectivity index (χ1v) is 10.7. The lowest BCUT2D eigenvalue weighted by atomic mass is 9.91. The lowest BCUT2D eigenvalue weighted by Gasteiger charge is -2.25. The number of benzene rings is 2. The van der Waals surface area contributed by atoms with Gasteiger partial charge in [-0.05, 0) is 81.4 Å². The highest BCUT2D eigenvalue weighted by Gasteiger charge is 2.38. The molecule has 26 heavy (non-hydrogen) atoms. The Hall–Kier alpha value is -1.85. The Kier molecular flexibility index (Phi) is 4.32. The summed E-state index contributed by atoms with van der Waals surface area (Å²) < 4.78 is 26.3. The molecule has 1 unspecified atom stereocenters. The summed E-state index contributed by atoms with van der Waals surface area (Å²) in [6.45, 7) is 4.07. The van der Waals surface area contributed by atoms with Crippen molar-refractivity contribution in [1.29, 1.82) is 0 Å². The first kappa shape index (κ1) is 17.6. The molecule has 5 heteroatoms. The molecule has 0 aromatic heterocycles. The zero-order chi connectivity index (χ0) is 18.5. The van der Waals surface area contributed by atoms with E-state index < -0.39 is 9.84 Å². The fraction of sp³-hybridized carbons (Fsp3) is 0.429. The standard InChI is InChI=1S/C21H26N2O2S/c1-15-5-4-6-16(13-15)26(24,25)17-7-8-20-19(14-17)18-9-11-22(2)12-10-21(18)23(20)3/h4-8,13-14,18,21H,9-12H2,1-3H3/t18-,21?/m1/s1. The minimum absolute atomic E-state index is 0.376. The lowest BCUT2D eigenvalue weighted by Crippen LogP contribution is -2.31. The molecule has 0 spiro atoms. The number of rotatable bonds is 2. The molecule has 1 fully saturated rings. The number of hydrogen-bond acceptors (Lipinski definition) is 4. The SMILES string of the molecule is Cc1cccc(S(=O)(=O)c2ccc3c(c2)[C@H]2CCN(C)CCC2N3C)c1. The highest BCUT2D eigenvalue weighted by Crippen LogP contribution is 2.45. The van der Waals surface area contributed by atoms with Crippen molar-refractivity contribution in [3.05, 3.63) is 53.6 Å². The van der Waals surface area contributed by atoms with Crippen LogP contribution >= 0.6 is 0 Å². The Labute approximate surface area is 156 Å². The minimum Gasteiger partial charge on any atom is -0.371 e. The van der Waals surface area contributed by atoms with Gasteiger partial charge in [0.1, 0.15) is 0 Å². The summed E-state index contributed by atoms with van der Waals surface area (Å²) in [7, 11) is 0.822. The van der Waals surface area contributed by atoms with Crippen LogP contribution < -0.4 is 4.90 Å². The third kappa shape index (κ3) is 2.83. The van der Waals surface area contributed by atoms with E-state index in [1.807, 2.05) is 25.1 Å². The molecule has 0 bridgehead atoms. The van der Waals surface area contributed by atoms with Gasteiger partial charge in [0.15, 0.2) is 0 Å². The van der Waals surface area contributed by atoms with Crippen LogP contribution in [0, 0.1) is 6.92 Å². The molecular weight excluding hydrogens is 344 g/mol. The van der Waals surface area contributed by atoms with E-state index >= 15 is 0 Å². The molecule has 0 amide bonds. The van der Waals surface area contributed by atoms with Gasteiger partial charge in [0, 0.05) is 24.7 Å². The quantitative estimate of drug-likeness (QED) is 0.812. The second-order valence-corrected chi connectivity index (χ2v) is 9.66. The molecule has 0 N–H and O–H groups in total. The molecule has 0 radical (unpaired) electrons. The zero-order valence-electron chi connectivity index (χ0n) is 15.6. The average Bonchev–Trinajstić information content (AvgIpc) is 2.75. The molecule has 0 saturated carbocycles. The van der Waals surface area contributed by atoms with E-state index in [9.17, 15) is 8.42 Å². The van der Waals surface area contributed by atoms with Gasteiger partial charge in [0.2, 0.25) is 9.84 Å². The fourth-order valence-corrected chi connectivity index (χ4v) is 5.86. The number of likely N-dealkylation sites (N-methyl/N-ethyl adjacent to an activating group) is 1. The molecule has 4 rings (SSSR count). The molecule has 4 nitrogen and oxygen atoms in total. The van der Waals surface area contributed by atoms with E-state index in [4.69, 9.17) is 0 Å². The maximum absolute atomic E-state index is 13.1. The van der Waals surface area contributed by atoms with Gasteiger partial charge in [-0.25, -0.2) is 8.42 Å². The van der Waals surface area contributed by atoms with Gasteiger partial charge < -0.3 is 9.80 Å². The van der Waals surface area contributed by atoms with E-state index in [2.05, 4.69) is 23.9 Å². The second kappa shape index (κ2) is 6.39. The monoisotopic (exact) mass is 370 g/mol. The molecule has 1 saturated heterocycles. The van der Waals surface area contributed by atoms with Crippen LogP contribution in [0.15, 0.2) is 52.3 Å². The summed E-state index contributed by atoms with van der Waals surface area (Å²) >= 11 is 0. The third-order valence-electron chi connectivity index (χ3n) is 5.98. The van der Waals surface area contributed by atoms with Crippen LogP contribution in [0.3, 0.4) is 0 Å². The van der Waals surface area contributed by atoms with Crippen LogP contribution in [0.4, 0.5) is 5.69 Å². The Morgan fingerprint density at radius 1 is 0.962 bits per heavy atom. The van der Waals surface area contributed by atoms with Crippen molar-refractivity contribution in [2.45, 2.75) is 41.5 Å². The molecule has 2 aliphatic rings. The number of fused-ring (bicyclic) bond motifs is 3. The first-order valence-electron chi connectivity index (χ1n) is 9.25. The highest BCUT2D eigenvalue weighted by molar-refractivity contribution is 7.91. The summed E-state index contributed by atoms with van der Waals surface area (Å²) in [4.78, 5) is 5.51. The van der Waals surface area contributed by atoms with Gasteiger partial charge in [-0.1, -0.05) is 12.1 Å². The van der Waals surface area contributed by atoms with Crippen molar-refractivity contribution < 1.29 is 8.42 Å². The normalized spacial score (nSPS) is 23.4. The van der Waals surface area contributed by atoms with Crippen molar-refractivity contribution in [2.24, 2.45) is 0 Å². The van der Waals surface area contributed by atoms with E-state index in [-0.39, 0.29) is 0 Å². The second-order valence-electron chi connectivity index (χ2n) is 7.71. The summed E-state index contributed by atoms with van der Waals surface area (Å²) in [5.41, 5.74) is 3.34. The van der Waals surface area contributed by atoms with E-state index in [1.165, 1.54) is 11.3 Å².